The van der Waals surface area contributed by atoms with Crippen molar-refractivity contribution in [1.29, 1.82) is 0 Å². The van der Waals surface area contributed by atoms with Crippen molar-refractivity contribution in [3.63, 3.8) is 0 Å². The normalized spacial score (nSPS) is 31.4. The van der Waals surface area contributed by atoms with Crippen molar-refractivity contribution < 1.29 is 9.90 Å². The molecule has 0 unspecified atom stereocenters. The highest BCUT2D eigenvalue weighted by molar-refractivity contribution is 5.85. The monoisotopic (exact) mass is 248 g/mol. The largest absolute Gasteiger partial charge is 0.392 e. The second kappa shape index (κ2) is 5.34. The van der Waals surface area contributed by atoms with Gasteiger partial charge in [0.15, 0.2) is 0 Å². The molecule has 0 aromatic heterocycles. The van der Waals surface area contributed by atoms with Crippen molar-refractivity contribution in [3.05, 3.63) is 0 Å². The van der Waals surface area contributed by atoms with Crippen LogP contribution in [-0.2, 0) is 4.79 Å². The fourth-order valence-corrected chi connectivity index (χ4v) is 2.30. The third-order valence-electron chi connectivity index (χ3n) is 3.67. The summed E-state index contributed by atoms with van der Waals surface area (Å²) >= 11 is 0. The van der Waals surface area contributed by atoms with Crippen LogP contribution in [-0.4, -0.2) is 36.2 Å². The van der Waals surface area contributed by atoms with Gasteiger partial charge in [-0.1, -0.05) is 13.3 Å². The van der Waals surface area contributed by atoms with E-state index in [1.165, 1.54) is 19.3 Å². The molecule has 1 aliphatic heterocycles. The fourth-order valence-electron chi connectivity index (χ4n) is 2.30. The summed E-state index contributed by atoms with van der Waals surface area (Å²) in [6, 6.07) is -0.191. The first-order valence-corrected chi connectivity index (χ1v) is 5.78. The van der Waals surface area contributed by atoms with E-state index in [1.807, 2.05) is 0 Å². The van der Waals surface area contributed by atoms with E-state index in [1.54, 1.807) is 0 Å². The smallest absolute Gasteiger partial charge is 0.237 e. The second-order valence-corrected chi connectivity index (χ2v) is 5.23. The number of hydrogen-bond acceptors (Lipinski definition) is 3. The molecule has 4 nitrogen and oxygen atoms in total. The maximum atomic E-state index is 11.7. The van der Waals surface area contributed by atoms with Crippen LogP contribution in [0.1, 0.15) is 32.6 Å². The molecule has 3 N–H and O–H groups in total. The summed E-state index contributed by atoms with van der Waals surface area (Å²) in [4.78, 5) is 11.7. The minimum absolute atomic E-state index is 0. The van der Waals surface area contributed by atoms with Crippen LogP contribution in [0, 0.1) is 5.41 Å². The van der Waals surface area contributed by atoms with E-state index in [2.05, 4.69) is 17.6 Å². The molecule has 2 aliphatic rings. The van der Waals surface area contributed by atoms with Gasteiger partial charge in [-0.15, -0.1) is 12.4 Å². The Labute approximate surface area is 103 Å². The van der Waals surface area contributed by atoms with E-state index in [0.29, 0.717) is 18.4 Å². The number of β-amino-alcohol motifs (C(OH)–C–C–N with tert-alkyl or cyclic N) is 1. The van der Waals surface area contributed by atoms with Crippen LogP contribution in [0.2, 0.25) is 0 Å². The summed E-state index contributed by atoms with van der Waals surface area (Å²) < 4.78 is 0. The zero-order valence-corrected chi connectivity index (χ0v) is 10.5. The van der Waals surface area contributed by atoms with Gasteiger partial charge in [-0.05, 0) is 24.7 Å². The van der Waals surface area contributed by atoms with Crippen LogP contribution >= 0.6 is 12.4 Å². The Morgan fingerprint density at radius 1 is 1.56 bits per heavy atom. The van der Waals surface area contributed by atoms with Crippen molar-refractivity contribution in [3.8, 4) is 0 Å². The maximum Gasteiger partial charge on any atom is 0.237 e. The van der Waals surface area contributed by atoms with Gasteiger partial charge in [0.2, 0.25) is 5.91 Å². The van der Waals surface area contributed by atoms with Crippen molar-refractivity contribution in [2.75, 3.05) is 13.1 Å². The molecule has 0 radical (unpaired) electrons. The van der Waals surface area contributed by atoms with E-state index in [9.17, 15) is 9.90 Å². The lowest BCUT2D eigenvalue weighted by Crippen LogP contribution is -2.46. The number of hydrogen-bond donors (Lipinski definition) is 3. The van der Waals surface area contributed by atoms with Gasteiger partial charge in [0, 0.05) is 13.1 Å². The van der Waals surface area contributed by atoms with Crippen molar-refractivity contribution in [1.82, 2.24) is 10.6 Å². The molecule has 94 valence electrons. The van der Waals surface area contributed by atoms with Crippen molar-refractivity contribution >= 4 is 18.3 Å². The molecule has 5 heteroatoms. The minimum Gasteiger partial charge on any atom is -0.392 e. The molecule has 2 atom stereocenters. The molecule has 16 heavy (non-hydrogen) atoms. The molecule has 2 fully saturated rings. The van der Waals surface area contributed by atoms with Crippen LogP contribution in [0.3, 0.4) is 0 Å². The standard InChI is InChI=1S/C11H20N2O2.ClH/c1-11(3-2-4-11)7-13-10(15)9-5-8(14)6-12-9;/h8-9,12,14H,2-7H2,1H3,(H,13,15);1H/t8-,9-;/m1./s1. The van der Waals surface area contributed by atoms with Crippen LogP contribution < -0.4 is 10.6 Å². The molecule has 1 aliphatic carbocycles. The van der Waals surface area contributed by atoms with Gasteiger partial charge in [-0.2, -0.15) is 0 Å². The molecule has 1 heterocycles. The molecule has 1 saturated heterocycles. The van der Waals surface area contributed by atoms with E-state index in [0.717, 1.165) is 6.54 Å². The molecular weight excluding hydrogens is 228 g/mol. The lowest BCUT2D eigenvalue weighted by atomic mass is 9.70. The lowest BCUT2D eigenvalue weighted by Gasteiger charge is -2.38. The molecule has 0 aromatic rings. The molecule has 2 rings (SSSR count). The van der Waals surface area contributed by atoms with Gasteiger partial charge in [0.05, 0.1) is 12.1 Å². The average molecular weight is 249 g/mol. The highest BCUT2D eigenvalue weighted by atomic mass is 35.5. The Kier molecular flexibility index (Phi) is 4.59. The Bertz CT molecular complexity index is 256. The lowest BCUT2D eigenvalue weighted by molar-refractivity contribution is -0.123. The second-order valence-electron chi connectivity index (χ2n) is 5.23. The number of carbonyl (C=O) groups excluding carboxylic acids is 1. The van der Waals surface area contributed by atoms with Gasteiger partial charge in [0.25, 0.3) is 0 Å². The molecule has 0 bridgehead atoms. The summed E-state index contributed by atoms with van der Waals surface area (Å²) in [7, 11) is 0. The van der Waals surface area contributed by atoms with E-state index >= 15 is 0 Å². The predicted octanol–water partition coefficient (Wildman–Crippen LogP) is 0.437. The quantitative estimate of drug-likeness (QED) is 0.679. The number of carbonyl (C=O) groups is 1. The van der Waals surface area contributed by atoms with Gasteiger partial charge in [-0.3, -0.25) is 4.79 Å². The zero-order chi connectivity index (χ0) is 10.9. The maximum absolute atomic E-state index is 11.7. The van der Waals surface area contributed by atoms with Crippen LogP contribution in [0.25, 0.3) is 0 Å². The third-order valence-corrected chi connectivity index (χ3v) is 3.67. The molecule has 1 saturated carbocycles. The molecular formula is C11H21ClN2O2. The van der Waals surface area contributed by atoms with Gasteiger partial charge >= 0.3 is 0 Å². The van der Waals surface area contributed by atoms with Crippen molar-refractivity contribution in [2.24, 2.45) is 5.41 Å². The molecule has 0 aromatic carbocycles. The highest BCUT2D eigenvalue weighted by Gasteiger charge is 2.34. The van der Waals surface area contributed by atoms with Crippen LogP contribution in [0.4, 0.5) is 0 Å². The van der Waals surface area contributed by atoms with Gasteiger partial charge in [0.1, 0.15) is 0 Å². The predicted molar refractivity (Wildman–Crippen MR) is 64.6 cm³/mol. The first kappa shape index (κ1) is 13.7. The topological polar surface area (TPSA) is 61.4 Å². The summed E-state index contributed by atoms with van der Waals surface area (Å²) in [5, 5.41) is 15.3. The van der Waals surface area contributed by atoms with E-state index in [4.69, 9.17) is 0 Å². The molecule has 0 spiro atoms. The summed E-state index contributed by atoms with van der Waals surface area (Å²) in [6.07, 6.45) is 3.90. The first-order valence-electron chi connectivity index (χ1n) is 5.78. The molecule has 1 amide bonds. The van der Waals surface area contributed by atoms with Gasteiger partial charge in [-0.25, -0.2) is 0 Å². The SMILES string of the molecule is CC1(CNC(=O)[C@H]2C[C@@H](O)CN2)CCC1.Cl. The van der Waals surface area contributed by atoms with E-state index < -0.39 is 0 Å². The fraction of sp³-hybridized carbons (Fsp3) is 0.909. The minimum atomic E-state index is -0.361. The number of nitrogens with one attached hydrogen (secondary N) is 2. The number of halogens is 1. The van der Waals surface area contributed by atoms with Gasteiger partial charge < -0.3 is 15.7 Å². The summed E-state index contributed by atoms with van der Waals surface area (Å²) in [6.45, 7) is 3.53. The zero-order valence-electron chi connectivity index (χ0n) is 9.66. The summed E-state index contributed by atoms with van der Waals surface area (Å²) in [5.74, 6) is 0.0414. The number of aliphatic hydroxyl groups is 1. The van der Waals surface area contributed by atoms with Crippen LogP contribution in [0.5, 0.6) is 0 Å². The van der Waals surface area contributed by atoms with Crippen LogP contribution in [0.15, 0.2) is 0 Å². The Balaban J connectivity index is 0.00000128. The van der Waals surface area contributed by atoms with Crippen molar-refractivity contribution in [2.45, 2.75) is 44.8 Å². The van der Waals surface area contributed by atoms with E-state index in [-0.39, 0.29) is 30.5 Å². The Hall–Kier alpha value is -0.320. The third kappa shape index (κ3) is 3.09. The first-order chi connectivity index (χ1) is 7.09. The number of amides is 1. The Morgan fingerprint density at radius 3 is 2.69 bits per heavy atom. The number of rotatable bonds is 3. The highest BCUT2D eigenvalue weighted by Crippen LogP contribution is 2.39. The summed E-state index contributed by atoms with van der Waals surface area (Å²) in [5.41, 5.74) is 0.326. The average Bonchev–Trinajstić information content (AvgIpc) is 2.58. The Morgan fingerprint density at radius 2 is 2.25 bits per heavy atom. The number of aliphatic hydroxyl groups excluding tert-OH is 1.